The normalized spacial score (nSPS) is 12.1. The van der Waals surface area contributed by atoms with Crippen LogP contribution in [0.2, 0.25) is 0 Å². The van der Waals surface area contributed by atoms with Gasteiger partial charge in [0.15, 0.2) is 8.38 Å². The molecule has 0 radical (unpaired) electrons. The minimum Gasteiger partial charge on any atom is -0.334 e. The van der Waals surface area contributed by atoms with Crippen molar-refractivity contribution in [2.75, 3.05) is 13.2 Å². The van der Waals surface area contributed by atoms with E-state index in [1.54, 1.807) is 0 Å². The molecule has 0 fully saturated rings. The van der Waals surface area contributed by atoms with Gasteiger partial charge in [0.25, 0.3) is 0 Å². The molecule has 0 bridgehead atoms. The maximum atomic E-state index is 12.3. The lowest BCUT2D eigenvalue weighted by atomic mass is 10.2. The maximum Gasteiger partial charge on any atom is 0.417 e. The van der Waals surface area contributed by atoms with Crippen LogP contribution in [0.25, 0.3) is 0 Å². The summed E-state index contributed by atoms with van der Waals surface area (Å²) in [5.41, 5.74) is -0.209. The second-order valence-electron chi connectivity index (χ2n) is 3.36. The highest BCUT2D eigenvalue weighted by Gasteiger charge is 2.30. The summed E-state index contributed by atoms with van der Waals surface area (Å²) in [7, 11) is -1.12. The SMILES string of the molecule is CCOP(Cc1ccc(C(F)(F)F)cn1)OCC. The molecule has 1 rings (SSSR count). The van der Waals surface area contributed by atoms with Crippen LogP contribution in [0, 0.1) is 0 Å². The van der Waals surface area contributed by atoms with E-state index in [9.17, 15) is 13.2 Å². The van der Waals surface area contributed by atoms with Gasteiger partial charge in [0.05, 0.1) is 24.9 Å². The highest BCUT2D eigenvalue weighted by molar-refractivity contribution is 7.46. The molecule has 102 valence electrons. The standard InChI is InChI=1S/C11H15F3NO2P/c1-3-16-18(17-4-2)8-10-6-5-9(7-15-10)11(12,13)14/h5-7H,3-4,8H2,1-2H3. The maximum absolute atomic E-state index is 12.3. The zero-order valence-corrected chi connectivity index (χ0v) is 11.1. The van der Waals surface area contributed by atoms with Crippen LogP contribution in [0.3, 0.4) is 0 Å². The molecule has 1 aromatic heterocycles. The van der Waals surface area contributed by atoms with E-state index >= 15 is 0 Å². The lowest BCUT2D eigenvalue weighted by molar-refractivity contribution is -0.137. The molecule has 0 aliphatic carbocycles. The van der Waals surface area contributed by atoms with E-state index in [2.05, 4.69) is 4.98 Å². The Morgan fingerprint density at radius 2 is 1.78 bits per heavy atom. The second-order valence-corrected chi connectivity index (χ2v) is 4.86. The third-order valence-corrected chi connectivity index (χ3v) is 3.66. The zero-order valence-electron chi connectivity index (χ0n) is 10.2. The van der Waals surface area contributed by atoms with Gasteiger partial charge in [-0.2, -0.15) is 13.2 Å². The van der Waals surface area contributed by atoms with E-state index in [1.165, 1.54) is 6.07 Å². The van der Waals surface area contributed by atoms with E-state index < -0.39 is 20.1 Å². The van der Waals surface area contributed by atoms with Crippen molar-refractivity contribution in [3.63, 3.8) is 0 Å². The summed E-state index contributed by atoms with van der Waals surface area (Å²) in [5.74, 6) is 0. The topological polar surface area (TPSA) is 31.4 Å². The quantitative estimate of drug-likeness (QED) is 0.739. The summed E-state index contributed by atoms with van der Waals surface area (Å²) in [4.78, 5) is 3.79. The van der Waals surface area contributed by atoms with Crippen molar-refractivity contribution >= 4 is 8.38 Å². The molecule has 0 amide bonds. The van der Waals surface area contributed by atoms with Crippen molar-refractivity contribution in [2.45, 2.75) is 26.2 Å². The summed E-state index contributed by atoms with van der Waals surface area (Å²) < 4.78 is 47.7. The lowest BCUT2D eigenvalue weighted by Gasteiger charge is -2.15. The number of halogens is 3. The predicted molar refractivity (Wildman–Crippen MR) is 63.1 cm³/mol. The molecular weight excluding hydrogens is 266 g/mol. The van der Waals surface area contributed by atoms with Crippen LogP contribution in [-0.2, 0) is 21.4 Å². The number of hydrogen-bond donors (Lipinski definition) is 0. The molecular formula is C11H15F3NO2P. The van der Waals surface area contributed by atoms with Gasteiger partial charge in [0.2, 0.25) is 0 Å². The Hall–Kier alpha value is -0.710. The Labute approximate surface area is 105 Å². The van der Waals surface area contributed by atoms with Crippen LogP contribution >= 0.6 is 8.38 Å². The lowest BCUT2D eigenvalue weighted by Crippen LogP contribution is -2.06. The van der Waals surface area contributed by atoms with Gasteiger partial charge in [0, 0.05) is 11.9 Å². The van der Waals surface area contributed by atoms with Crippen LogP contribution in [0.15, 0.2) is 18.3 Å². The fourth-order valence-corrected chi connectivity index (χ4v) is 2.52. The average molecular weight is 281 g/mol. The van der Waals surface area contributed by atoms with Gasteiger partial charge in [-0.3, -0.25) is 4.98 Å². The van der Waals surface area contributed by atoms with E-state index in [1.807, 2.05) is 13.8 Å². The minimum absolute atomic E-state index is 0.398. The molecule has 0 N–H and O–H groups in total. The minimum atomic E-state index is -4.35. The van der Waals surface area contributed by atoms with Crippen LogP contribution in [-0.4, -0.2) is 18.2 Å². The first-order chi connectivity index (χ1) is 8.47. The summed E-state index contributed by atoms with van der Waals surface area (Å²) in [6, 6.07) is 2.38. The predicted octanol–water partition coefficient (Wildman–Crippen LogP) is 3.99. The molecule has 7 heteroatoms. The van der Waals surface area contributed by atoms with Crippen molar-refractivity contribution in [1.82, 2.24) is 4.98 Å². The molecule has 1 aromatic rings. The van der Waals surface area contributed by atoms with Gasteiger partial charge >= 0.3 is 6.18 Å². The molecule has 0 saturated carbocycles. The molecule has 0 saturated heterocycles. The molecule has 0 aliphatic rings. The van der Waals surface area contributed by atoms with Crippen molar-refractivity contribution in [1.29, 1.82) is 0 Å². The summed E-state index contributed by atoms with van der Waals surface area (Å²) in [5, 5.41) is 0. The monoisotopic (exact) mass is 281 g/mol. The molecule has 0 spiro atoms. The van der Waals surface area contributed by atoms with Gasteiger partial charge in [-0.25, -0.2) is 0 Å². The van der Waals surface area contributed by atoms with E-state index in [0.717, 1.165) is 12.3 Å². The molecule has 0 aliphatic heterocycles. The van der Waals surface area contributed by atoms with Gasteiger partial charge in [-0.05, 0) is 26.0 Å². The van der Waals surface area contributed by atoms with Crippen LogP contribution in [0.4, 0.5) is 13.2 Å². The Bertz CT molecular complexity index is 350. The first-order valence-electron chi connectivity index (χ1n) is 5.52. The van der Waals surface area contributed by atoms with E-state index in [-0.39, 0.29) is 0 Å². The van der Waals surface area contributed by atoms with E-state index in [4.69, 9.17) is 9.05 Å². The molecule has 0 aromatic carbocycles. The third-order valence-electron chi connectivity index (χ3n) is 1.99. The van der Waals surface area contributed by atoms with Gasteiger partial charge in [-0.1, -0.05) is 0 Å². The number of aromatic nitrogens is 1. The van der Waals surface area contributed by atoms with Crippen molar-refractivity contribution < 1.29 is 22.2 Å². The fraction of sp³-hybridized carbons (Fsp3) is 0.545. The number of rotatable bonds is 6. The Morgan fingerprint density at radius 1 is 1.17 bits per heavy atom. The Morgan fingerprint density at radius 3 is 2.17 bits per heavy atom. The summed E-state index contributed by atoms with van der Waals surface area (Å²) in [6.45, 7) is 4.70. The Kier molecular flexibility index (Phi) is 5.99. The van der Waals surface area contributed by atoms with E-state index in [0.29, 0.717) is 25.1 Å². The van der Waals surface area contributed by atoms with Gasteiger partial charge in [-0.15, -0.1) is 0 Å². The summed E-state index contributed by atoms with van der Waals surface area (Å²) in [6.07, 6.45) is -3.12. The first kappa shape index (κ1) is 15.3. The molecule has 0 atom stereocenters. The smallest absolute Gasteiger partial charge is 0.334 e. The first-order valence-corrected chi connectivity index (χ1v) is 6.89. The third kappa shape index (κ3) is 4.88. The molecule has 0 unspecified atom stereocenters. The highest BCUT2D eigenvalue weighted by Crippen LogP contribution is 2.41. The largest absolute Gasteiger partial charge is 0.417 e. The average Bonchev–Trinajstić information content (AvgIpc) is 2.29. The fourth-order valence-electron chi connectivity index (χ4n) is 1.23. The van der Waals surface area contributed by atoms with Crippen LogP contribution in [0.5, 0.6) is 0 Å². The molecule has 3 nitrogen and oxygen atoms in total. The number of hydrogen-bond acceptors (Lipinski definition) is 3. The Balaban J connectivity index is 2.67. The second kappa shape index (κ2) is 7.02. The molecule has 1 heterocycles. The number of alkyl halides is 3. The van der Waals surface area contributed by atoms with Crippen LogP contribution in [0.1, 0.15) is 25.1 Å². The van der Waals surface area contributed by atoms with Crippen LogP contribution < -0.4 is 0 Å². The summed E-state index contributed by atoms with van der Waals surface area (Å²) >= 11 is 0. The van der Waals surface area contributed by atoms with Gasteiger partial charge < -0.3 is 9.05 Å². The van der Waals surface area contributed by atoms with Crippen molar-refractivity contribution in [3.8, 4) is 0 Å². The number of nitrogens with zero attached hydrogens (tertiary/aromatic N) is 1. The molecule has 18 heavy (non-hydrogen) atoms. The van der Waals surface area contributed by atoms with Gasteiger partial charge in [0.1, 0.15) is 0 Å². The zero-order chi connectivity index (χ0) is 13.6. The highest BCUT2D eigenvalue weighted by atomic mass is 31.2. The van der Waals surface area contributed by atoms with Crippen molar-refractivity contribution in [2.24, 2.45) is 0 Å². The van der Waals surface area contributed by atoms with Crippen molar-refractivity contribution in [3.05, 3.63) is 29.6 Å². The number of pyridine rings is 1.